The van der Waals surface area contributed by atoms with Crippen LogP contribution in [0.3, 0.4) is 0 Å². The van der Waals surface area contributed by atoms with Crippen molar-refractivity contribution in [1.82, 2.24) is 0 Å². The van der Waals surface area contributed by atoms with Gasteiger partial charge in [0.15, 0.2) is 23.0 Å². The van der Waals surface area contributed by atoms with Crippen LogP contribution in [0.4, 0.5) is 0 Å². The fourth-order valence-electron chi connectivity index (χ4n) is 1.91. The number of hydrogen-bond donors (Lipinski definition) is 0. The van der Waals surface area contributed by atoms with Gasteiger partial charge in [-0.1, -0.05) is 49.7 Å². The Kier molecular flexibility index (Phi) is 15.7. The summed E-state index contributed by atoms with van der Waals surface area (Å²) < 4.78 is 6.91. The van der Waals surface area contributed by atoms with E-state index < -0.39 is 16.5 Å². The zero-order chi connectivity index (χ0) is 30.1. The van der Waals surface area contributed by atoms with E-state index in [2.05, 4.69) is 39.4 Å². The van der Waals surface area contributed by atoms with Crippen LogP contribution in [0, 0.1) is 35.0 Å². The van der Waals surface area contributed by atoms with Gasteiger partial charge in [0.25, 0.3) is 0 Å². The molecule has 39 heavy (non-hydrogen) atoms. The molecule has 9 nitrogen and oxygen atoms in total. The third-order valence-corrected chi connectivity index (χ3v) is 5.69. The van der Waals surface area contributed by atoms with E-state index in [-0.39, 0.29) is 12.4 Å². The standard InChI is InChI=1S/C14H18O4S.C8H12N4.C7H10N/c1-5-12-6-8-13(9-7-12)19-18-17-16-10-14(3,4)11(2)15;1-7(2,5-9)11-12-8(3,4)6-10;1-7-5-3-4-6-8(7)2/h5-9H,1,10H2,2-4H3;1-4H3;3-6H,1-2H3/q;;+1. The van der Waals surface area contributed by atoms with Crippen molar-refractivity contribution in [3.63, 3.8) is 0 Å². The number of ketones is 1. The summed E-state index contributed by atoms with van der Waals surface area (Å²) >= 11 is 1.03. The molecule has 0 aliphatic carbocycles. The Morgan fingerprint density at radius 3 is 1.95 bits per heavy atom. The smallest absolute Gasteiger partial charge is 0.177 e. The molecule has 1 heterocycles. The number of carbonyl (C=O) groups excluding carboxylic acids is 1. The van der Waals surface area contributed by atoms with Crippen LogP contribution in [0.2, 0.25) is 0 Å². The van der Waals surface area contributed by atoms with Gasteiger partial charge in [-0.3, -0.25) is 4.79 Å². The molecular weight excluding hydrogens is 514 g/mol. The molecule has 0 amide bonds. The van der Waals surface area contributed by atoms with E-state index in [0.29, 0.717) is 0 Å². The van der Waals surface area contributed by atoms with Crippen LogP contribution in [0.15, 0.2) is 70.4 Å². The van der Waals surface area contributed by atoms with Crippen LogP contribution in [-0.4, -0.2) is 23.5 Å². The van der Waals surface area contributed by atoms with E-state index in [1.54, 1.807) is 47.6 Å². The lowest BCUT2D eigenvalue weighted by Crippen LogP contribution is -2.30. The maximum absolute atomic E-state index is 11.2. The Hall–Kier alpha value is -3.41. The number of aromatic nitrogens is 1. The van der Waals surface area contributed by atoms with E-state index in [1.807, 2.05) is 61.8 Å². The van der Waals surface area contributed by atoms with Crippen LogP contribution < -0.4 is 4.57 Å². The summed E-state index contributed by atoms with van der Waals surface area (Å²) in [5, 5.41) is 29.2. The summed E-state index contributed by atoms with van der Waals surface area (Å²) in [4.78, 5) is 16.9. The molecule has 0 spiro atoms. The van der Waals surface area contributed by atoms with Crippen LogP contribution in [0.5, 0.6) is 0 Å². The fourth-order valence-corrected chi connectivity index (χ4v) is 2.30. The lowest BCUT2D eigenvalue weighted by molar-refractivity contribution is -0.677. The molecule has 0 saturated heterocycles. The van der Waals surface area contributed by atoms with Crippen molar-refractivity contribution in [2.24, 2.45) is 22.7 Å². The molecule has 2 aromatic rings. The quantitative estimate of drug-likeness (QED) is 0.0800. The lowest BCUT2D eigenvalue weighted by atomic mass is 9.90. The number of nitrogens with zero attached hydrogens (tertiary/aromatic N) is 5. The highest BCUT2D eigenvalue weighted by atomic mass is 32.2. The number of Topliss-reactive ketones (excluding diaryl/α,β-unsaturated/α-hetero) is 1. The van der Waals surface area contributed by atoms with Gasteiger partial charge in [0.2, 0.25) is 0 Å². The van der Waals surface area contributed by atoms with Gasteiger partial charge < -0.3 is 0 Å². The molecular formula is C29H40N5O4S+. The first-order valence-corrected chi connectivity index (χ1v) is 12.9. The van der Waals surface area contributed by atoms with Gasteiger partial charge in [0.1, 0.15) is 12.8 Å². The first-order valence-electron chi connectivity index (χ1n) is 12.1. The van der Waals surface area contributed by atoms with Crippen LogP contribution in [-0.2, 0) is 26.1 Å². The molecule has 0 aliphatic heterocycles. The molecule has 0 unspecified atom stereocenters. The van der Waals surface area contributed by atoms with Crippen LogP contribution in [0.1, 0.15) is 59.7 Å². The van der Waals surface area contributed by atoms with Crippen molar-refractivity contribution < 1.29 is 23.6 Å². The zero-order valence-corrected chi connectivity index (χ0v) is 25.2. The number of azo groups is 1. The fraction of sp³-hybridized carbons (Fsp3) is 0.448. The maximum atomic E-state index is 11.2. The van der Waals surface area contributed by atoms with Gasteiger partial charge in [0, 0.05) is 29.4 Å². The molecule has 0 aliphatic rings. The van der Waals surface area contributed by atoms with Gasteiger partial charge >= 0.3 is 0 Å². The number of benzene rings is 1. The molecule has 10 heteroatoms. The summed E-state index contributed by atoms with van der Waals surface area (Å²) in [6.45, 7) is 17.5. The SMILES string of the molecule is C=Cc1ccc(SOOOCC(C)(C)C(C)=O)cc1.CC(C)(C#N)N=NC(C)(C)C#N.Cc1cccc[n+]1C. The Bertz CT molecular complexity index is 1110. The average Bonchev–Trinajstić information content (AvgIpc) is 2.90. The van der Waals surface area contributed by atoms with E-state index in [9.17, 15) is 4.79 Å². The predicted molar refractivity (Wildman–Crippen MR) is 152 cm³/mol. The minimum absolute atomic E-state index is 0.0313. The molecule has 210 valence electrons. The van der Waals surface area contributed by atoms with Gasteiger partial charge in [-0.05, 0) is 52.3 Å². The van der Waals surface area contributed by atoms with E-state index in [4.69, 9.17) is 19.7 Å². The summed E-state index contributed by atoms with van der Waals surface area (Å²) in [6.07, 6.45) is 3.80. The van der Waals surface area contributed by atoms with Crippen LogP contribution >= 0.6 is 12.0 Å². The summed E-state index contributed by atoms with van der Waals surface area (Å²) in [5.74, 6) is 0.0313. The molecule has 0 fully saturated rings. The van der Waals surface area contributed by atoms with Crippen molar-refractivity contribution in [3.8, 4) is 12.1 Å². The van der Waals surface area contributed by atoms with Gasteiger partial charge in [0.05, 0.1) is 30.8 Å². The molecule has 0 atom stereocenters. The van der Waals surface area contributed by atoms with Gasteiger partial charge in [-0.25, -0.2) is 9.45 Å². The number of hydrogen-bond acceptors (Lipinski definition) is 9. The Morgan fingerprint density at radius 2 is 1.56 bits per heavy atom. The highest BCUT2D eigenvalue weighted by molar-refractivity contribution is 7.94. The highest BCUT2D eigenvalue weighted by Crippen LogP contribution is 2.21. The zero-order valence-electron chi connectivity index (χ0n) is 24.4. The third-order valence-electron chi connectivity index (χ3n) is 5.11. The number of pyridine rings is 1. The minimum atomic E-state index is -0.839. The molecule has 0 bridgehead atoms. The predicted octanol–water partition coefficient (Wildman–Crippen LogP) is 6.69. The number of aryl methyl sites for hydroxylation is 2. The second-order valence-electron chi connectivity index (χ2n) is 10.2. The van der Waals surface area contributed by atoms with Crippen molar-refractivity contribution in [1.29, 1.82) is 10.5 Å². The topological polar surface area (TPSA) is 121 Å². The second-order valence-corrected chi connectivity index (χ2v) is 11.0. The van der Waals surface area contributed by atoms with Crippen molar-refractivity contribution >= 4 is 23.9 Å². The molecule has 0 saturated carbocycles. The molecule has 0 radical (unpaired) electrons. The number of nitriles is 2. The molecule has 1 aromatic carbocycles. The van der Waals surface area contributed by atoms with Gasteiger partial charge in [-0.15, -0.1) is 4.33 Å². The Morgan fingerprint density at radius 1 is 1.03 bits per heavy atom. The molecule has 2 rings (SSSR count). The summed E-state index contributed by atoms with van der Waals surface area (Å²) in [5.41, 5.74) is 0.0548. The Balaban J connectivity index is 0.000000614. The number of rotatable bonds is 10. The van der Waals surface area contributed by atoms with Crippen molar-refractivity contribution in [3.05, 3.63) is 66.5 Å². The largest absolute Gasteiger partial charge is 0.299 e. The lowest BCUT2D eigenvalue weighted by Gasteiger charge is -2.18. The van der Waals surface area contributed by atoms with Crippen molar-refractivity contribution in [2.75, 3.05) is 6.61 Å². The Labute approximate surface area is 237 Å². The first kappa shape index (κ1) is 35.6. The number of carbonyl (C=O) groups is 1. The van der Waals surface area contributed by atoms with E-state index in [1.165, 1.54) is 12.6 Å². The average molecular weight is 555 g/mol. The molecule has 1 aromatic heterocycles. The van der Waals surface area contributed by atoms with Crippen molar-refractivity contribution in [2.45, 2.75) is 71.4 Å². The first-order chi connectivity index (χ1) is 18.1. The van der Waals surface area contributed by atoms with Crippen LogP contribution in [0.25, 0.3) is 6.08 Å². The van der Waals surface area contributed by atoms with E-state index >= 15 is 0 Å². The summed E-state index contributed by atoms with van der Waals surface area (Å²) in [6, 6.07) is 17.7. The molecule has 0 N–H and O–H groups in total. The monoisotopic (exact) mass is 554 g/mol. The maximum Gasteiger partial charge on any atom is 0.177 e. The third kappa shape index (κ3) is 16.2. The highest BCUT2D eigenvalue weighted by Gasteiger charge is 2.24. The summed E-state index contributed by atoms with van der Waals surface area (Å²) in [7, 11) is 2.04. The second kappa shape index (κ2) is 17.2. The minimum Gasteiger partial charge on any atom is -0.299 e. The van der Waals surface area contributed by atoms with Gasteiger partial charge in [-0.2, -0.15) is 20.8 Å². The normalized spacial score (nSPS) is 11.3. The van der Waals surface area contributed by atoms with E-state index in [0.717, 1.165) is 22.5 Å².